The van der Waals surface area contributed by atoms with Crippen molar-refractivity contribution in [1.29, 1.82) is 0 Å². The van der Waals surface area contributed by atoms with Crippen LogP contribution in [0.2, 0.25) is 0 Å². The molecule has 3 rings (SSSR count). The number of fused-ring (bicyclic) bond motifs is 1. The summed E-state index contributed by atoms with van der Waals surface area (Å²) in [6.07, 6.45) is 6.36. The van der Waals surface area contributed by atoms with Crippen LogP contribution in [0.15, 0.2) is 30.4 Å². The molecule has 0 spiro atoms. The quantitative estimate of drug-likeness (QED) is 0.438. The molecule has 2 aliphatic carbocycles. The SMILES string of the molecule is CC=CC(CCC(=O)OC)[C@@H]1[C@@H](c2ccc3c(c2)CCC3O)[C@H](O)C[C@H]1Cl. The minimum atomic E-state index is -0.507. The van der Waals surface area contributed by atoms with Crippen LogP contribution in [0.4, 0.5) is 0 Å². The number of esters is 1. The van der Waals surface area contributed by atoms with E-state index in [0.717, 1.165) is 24.0 Å². The van der Waals surface area contributed by atoms with Gasteiger partial charge in [0, 0.05) is 17.7 Å². The highest BCUT2D eigenvalue weighted by atomic mass is 35.5. The average molecular weight is 393 g/mol. The molecule has 5 heteroatoms. The third kappa shape index (κ3) is 4.23. The number of hydrogen-bond donors (Lipinski definition) is 2. The Balaban J connectivity index is 1.88. The number of aryl methyl sites for hydroxylation is 1. The van der Waals surface area contributed by atoms with E-state index in [1.54, 1.807) is 0 Å². The molecular weight excluding hydrogens is 364 g/mol. The first-order chi connectivity index (χ1) is 13.0. The molecule has 1 aromatic rings. The van der Waals surface area contributed by atoms with Gasteiger partial charge in [-0.25, -0.2) is 0 Å². The molecule has 2 aliphatic rings. The second-order valence-electron chi connectivity index (χ2n) is 7.74. The minimum Gasteiger partial charge on any atom is -0.469 e. The summed E-state index contributed by atoms with van der Waals surface area (Å²) in [6.45, 7) is 1.96. The van der Waals surface area contributed by atoms with Crippen LogP contribution < -0.4 is 0 Å². The van der Waals surface area contributed by atoms with E-state index in [4.69, 9.17) is 16.3 Å². The fraction of sp³-hybridized carbons (Fsp3) is 0.591. The van der Waals surface area contributed by atoms with E-state index in [-0.39, 0.29) is 35.2 Å². The number of rotatable bonds is 6. The molecule has 0 bridgehead atoms. The lowest BCUT2D eigenvalue weighted by molar-refractivity contribution is -0.140. The fourth-order valence-corrected chi connectivity index (χ4v) is 5.39. The number of allylic oxidation sites excluding steroid dienone is 2. The second kappa shape index (κ2) is 8.76. The summed E-state index contributed by atoms with van der Waals surface area (Å²) < 4.78 is 4.79. The maximum absolute atomic E-state index is 11.6. The maximum Gasteiger partial charge on any atom is 0.305 e. The molecule has 1 aromatic carbocycles. The number of carbonyl (C=O) groups is 1. The zero-order chi connectivity index (χ0) is 19.6. The summed E-state index contributed by atoms with van der Waals surface area (Å²) in [7, 11) is 1.40. The Morgan fingerprint density at radius 1 is 1.41 bits per heavy atom. The van der Waals surface area contributed by atoms with Gasteiger partial charge >= 0.3 is 5.97 Å². The number of alkyl halides is 1. The zero-order valence-corrected chi connectivity index (χ0v) is 16.7. The molecule has 0 radical (unpaired) electrons. The van der Waals surface area contributed by atoms with Gasteiger partial charge in [-0.1, -0.05) is 30.4 Å². The molecule has 6 atom stereocenters. The van der Waals surface area contributed by atoms with Crippen LogP contribution in [0.5, 0.6) is 0 Å². The number of carbonyl (C=O) groups excluding carboxylic acids is 1. The van der Waals surface area contributed by atoms with Crippen molar-refractivity contribution in [3.63, 3.8) is 0 Å². The molecule has 27 heavy (non-hydrogen) atoms. The van der Waals surface area contributed by atoms with Crippen LogP contribution in [-0.2, 0) is 16.0 Å². The number of halogens is 1. The minimum absolute atomic E-state index is 0.0481. The monoisotopic (exact) mass is 392 g/mol. The van der Waals surface area contributed by atoms with E-state index in [1.807, 2.05) is 25.1 Å². The average Bonchev–Trinajstić information content (AvgIpc) is 3.17. The highest BCUT2D eigenvalue weighted by Gasteiger charge is 2.45. The largest absolute Gasteiger partial charge is 0.469 e. The van der Waals surface area contributed by atoms with Crippen molar-refractivity contribution in [2.75, 3.05) is 7.11 Å². The molecule has 1 fully saturated rings. The van der Waals surface area contributed by atoms with Gasteiger partial charge in [0.1, 0.15) is 0 Å². The van der Waals surface area contributed by atoms with E-state index in [2.05, 4.69) is 12.1 Å². The molecule has 4 nitrogen and oxygen atoms in total. The van der Waals surface area contributed by atoms with Gasteiger partial charge in [-0.3, -0.25) is 4.79 Å². The van der Waals surface area contributed by atoms with Gasteiger partial charge in [0.2, 0.25) is 0 Å². The summed E-state index contributed by atoms with van der Waals surface area (Å²) >= 11 is 6.69. The summed E-state index contributed by atoms with van der Waals surface area (Å²) in [5.41, 5.74) is 3.25. The van der Waals surface area contributed by atoms with Crippen molar-refractivity contribution in [3.8, 4) is 0 Å². The Hall–Kier alpha value is -1.36. The van der Waals surface area contributed by atoms with Crippen molar-refractivity contribution in [2.24, 2.45) is 11.8 Å². The van der Waals surface area contributed by atoms with E-state index >= 15 is 0 Å². The summed E-state index contributed by atoms with van der Waals surface area (Å²) in [4.78, 5) is 11.6. The lowest BCUT2D eigenvalue weighted by Crippen LogP contribution is -2.26. The van der Waals surface area contributed by atoms with Crippen LogP contribution in [0.3, 0.4) is 0 Å². The molecule has 0 aromatic heterocycles. The highest BCUT2D eigenvalue weighted by molar-refractivity contribution is 6.21. The molecule has 0 saturated heterocycles. The van der Waals surface area contributed by atoms with Gasteiger partial charge in [-0.15, -0.1) is 11.6 Å². The fourth-order valence-electron chi connectivity index (χ4n) is 4.87. The first kappa shape index (κ1) is 20.4. The smallest absolute Gasteiger partial charge is 0.305 e. The molecule has 148 valence electrons. The Morgan fingerprint density at radius 2 is 2.19 bits per heavy atom. The van der Waals surface area contributed by atoms with Crippen LogP contribution in [-0.4, -0.2) is 34.8 Å². The predicted molar refractivity (Wildman–Crippen MR) is 106 cm³/mol. The Bertz CT molecular complexity index is 702. The van der Waals surface area contributed by atoms with Crippen LogP contribution >= 0.6 is 11.6 Å². The predicted octanol–water partition coefficient (Wildman–Crippen LogP) is 3.88. The molecule has 2 unspecified atom stereocenters. The normalized spacial score (nSPS) is 31.2. The third-order valence-corrected chi connectivity index (χ3v) is 6.62. The Morgan fingerprint density at radius 3 is 2.89 bits per heavy atom. The lowest BCUT2D eigenvalue weighted by atomic mass is 9.76. The third-order valence-electron chi connectivity index (χ3n) is 6.16. The number of aliphatic hydroxyl groups is 2. The van der Waals surface area contributed by atoms with Crippen molar-refractivity contribution >= 4 is 17.6 Å². The summed E-state index contributed by atoms with van der Waals surface area (Å²) in [5, 5.41) is 20.7. The maximum atomic E-state index is 11.6. The van der Waals surface area contributed by atoms with Crippen LogP contribution in [0.25, 0.3) is 0 Å². The van der Waals surface area contributed by atoms with Gasteiger partial charge in [0.25, 0.3) is 0 Å². The standard InChI is InChI=1S/C22H29ClO4/c1-3-4-13(7-10-20(26)27-2)21-17(23)12-19(25)22(21)15-5-8-16-14(11-15)6-9-18(16)24/h3-5,8,11,13,17-19,21-22,24-25H,6-7,9-10,12H2,1-2H3/t13?,17-,18?,19-,21+,22+/m1/s1. The van der Waals surface area contributed by atoms with Crippen molar-refractivity contribution in [3.05, 3.63) is 47.0 Å². The van der Waals surface area contributed by atoms with Gasteiger partial charge < -0.3 is 14.9 Å². The Labute approximate surface area is 166 Å². The second-order valence-corrected chi connectivity index (χ2v) is 8.30. The lowest BCUT2D eigenvalue weighted by Gasteiger charge is -2.30. The topological polar surface area (TPSA) is 66.8 Å². The summed E-state index contributed by atoms with van der Waals surface area (Å²) in [5.74, 6) is -0.156. The number of benzene rings is 1. The number of methoxy groups -OCH3 is 1. The molecule has 1 saturated carbocycles. The van der Waals surface area contributed by atoms with Gasteiger partial charge in [-0.05, 0) is 61.1 Å². The van der Waals surface area contributed by atoms with Gasteiger partial charge in [-0.2, -0.15) is 0 Å². The molecule has 0 aliphatic heterocycles. The van der Waals surface area contributed by atoms with Crippen molar-refractivity contribution in [1.82, 2.24) is 0 Å². The van der Waals surface area contributed by atoms with E-state index in [9.17, 15) is 15.0 Å². The zero-order valence-electron chi connectivity index (χ0n) is 16.0. The number of aliphatic hydroxyl groups excluding tert-OH is 2. The Kier molecular flexibility index (Phi) is 6.61. The molecule has 2 N–H and O–H groups in total. The highest BCUT2D eigenvalue weighted by Crippen LogP contribution is 2.49. The van der Waals surface area contributed by atoms with Gasteiger partial charge in [0.15, 0.2) is 0 Å². The van der Waals surface area contributed by atoms with Crippen molar-refractivity contribution in [2.45, 2.75) is 62.5 Å². The van der Waals surface area contributed by atoms with E-state index in [0.29, 0.717) is 19.3 Å². The molecule has 0 heterocycles. The van der Waals surface area contributed by atoms with E-state index in [1.165, 1.54) is 12.7 Å². The first-order valence-electron chi connectivity index (χ1n) is 9.78. The van der Waals surface area contributed by atoms with Crippen LogP contribution in [0, 0.1) is 11.8 Å². The van der Waals surface area contributed by atoms with Crippen LogP contribution in [0.1, 0.15) is 61.3 Å². The van der Waals surface area contributed by atoms with E-state index < -0.39 is 6.10 Å². The number of ether oxygens (including phenoxy) is 1. The van der Waals surface area contributed by atoms with Gasteiger partial charge in [0.05, 0.1) is 19.3 Å². The summed E-state index contributed by atoms with van der Waals surface area (Å²) in [6, 6.07) is 6.15. The van der Waals surface area contributed by atoms with Crippen molar-refractivity contribution < 1.29 is 19.7 Å². The molecule has 0 amide bonds. The molecular formula is C22H29ClO4. The number of hydrogen-bond acceptors (Lipinski definition) is 4. The first-order valence-corrected chi connectivity index (χ1v) is 10.2.